The Balaban J connectivity index is 2.17. The molecule has 0 aliphatic heterocycles. The highest BCUT2D eigenvalue weighted by Gasteiger charge is 2.09. The van der Waals surface area contributed by atoms with Crippen molar-refractivity contribution in [3.63, 3.8) is 0 Å². The van der Waals surface area contributed by atoms with E-state index in [1.165, 1.54) is 11.0 Å². The summed E-state index contributed by atoms with van der Waals surface area (Å²) in [5.41, 5.74) is 7.35. The van der Waals surface area contributed by atoms with Gasteiger partial charge in [0, 0.05) is 10.6 Å². The molecule has 7 nitrogen and oxygen atoms in total. The molecule has 0 fully saturated rings. The van der Waals surface area contributed by atoms with Gasteiger partial charge in [-0.05, 0) is 32.0 Å². The Morgan fingerprint density at radius 3 is 2.91 bits per heavy atom. The molecule has 22 heavy (non-hydrogen) atoms. The minimum Gasteiger partial charge on any atom is -0.491 e. The van der Waals surface area contributed by atoms with Crippen molar-refractivity contribution < 1.29 is 9.53 Å². The average Bonchev–Trinajstić information content (AvgIpc) is 2.92. The molecule has 0 aliphatic carbocycles. The van der Waals surface area contributed by atoms with Gasteiger partial charge in [-0.3, -0.25) is 9.48 Å². The first-order valence-corrected chi connectivity index (χ1v) is 7.13. The lowest BCUT2D eigenvalue weighted by Gasteiger charge is -2.10. The van der Waals surface area contributed by atoms with E-state index >= 15 is 0 Å². The highest BCUT2D eigenvalue weighted by atomic mass is 35.5. The summed E-state index contributed by atoms with van der Waals surface area (Å²) < 4.78 is 7.16. The lowest BCUT2D eigenvalue weighted by molar-refractivity contribution is -0.118. The van der Waals surface area contributed by atoms with Gasteiger partial charge in [-0.2, -0.15) is 5.10 Å². The van der Waals surface area contributed by atoms with Crippen LogP contribution in [0.1, 0.15) is 20.3 Å². The van der Waals surface area contributed by atoms with E-state index in [2.05, 4.69) is 15.2 Å². The van der Waals surface area contributed by atoms with Crippen molar-refractivity contribution in [2.75, 3.05) is 0 Å². The maximum absolute atomic E-state index is 11.0. The Morgan fingerprint density at radius 1 is 1.45 bits per heavy atom. The van der Waals surface area contributed by atoms with E-state index in [1.807, 2.05) is 19.9 Å². The summed E-state index contributed by atoms with van der Waals surface area (Å²) in [6.45, 7) is 4.19. The van der Waals surface area contributed by atoms with E-state index in [-0.39, 0.29) is 12.5 Å². The first-order chi connectivity index (χ1) is 10.5. The maximum atomic E-state index is 11.0. The molecule has 1 N–H and O–H groups in total. The maximum Gasteiger partial charge on any atom is 0.265 e. The lowest BCUT2D eigenvalue weighted by atomic mass is 10.2. The molecule has 1 aromatic heterocycles. The van der Waals surface area contributed by atoms with Crippen molar-refractivity contribution in [3.8, 4) is 17.1 Å². The molecule has 0 bridgehead atoms. The number of benzene rings is 1. The van der Waals surface area contributed by atoms with Gasteiger partial charge in [0.25, 0.3) is 5.91 Å². The van der Waals surface area contributed by atoms with Gasteiger partial charge in [-0.15, -0.1) is 5.11 Å². The predicted molar refractivity (Wildman–Crippen MR) is 81.0 cm³/mol. The van der Waals surface area contributed by atoms with Crippen LogP contribution in [-0.4, -0.2) is 26.8 Å². The number of amides is 1. The summed E-state index contributed by atoms with van der Waals surface area (Å²) in [6.07, 6.45) is 1.68. The highest BCUT2D eigenvalue weighted by Crippen LogP contribution is 2.27. The van der Waals surface area contributed by atoms with E-state index in [9.17, 15) is 4.79 Å². The highest BCUT2D eigenvalue weighted by molar-refractivity contribution is 6.31. The van der Waals surface area contributed by atoms with Crippen molar-refractivity contribution >= 4 is 17.5 Å². The van der Waals surface area contributed by atoms with Crippen LogP contribution in [0.5, 0.6) is 5.75 Å². The van der Waals surface area contributed by atoms with Crippen LogP contribution >= 0.6 is 11.6 Å². The zero-order chi connectivity index (χ0) is 16.1. The Bertz CT molecular complexity index is 684. The summed E-state index contributed by atoms with van der Waals surface area (Å²) in [5.74, 6) is 0.649. The number of hydrogen-bond acceptors (Lipinski definition) is 5. The average molecular weight is 322 g/mol. The molecule has 0 spiro atoms. The van der Waals surface area contributed by atoms with Gasteiger partial charge in [-0.25, -0.2) is 10.5 Å². The molecule has 0 radical (unpaired) electrons. The van der Waals surface area contributed by atoms with E-state index in [1.54, 1.807) is 12.1 Å². The number of carbonyl (C=O) groups is 1. The number of aromatic nitrogens is 3. The molecule has 0 aliphatic rings. The quantitative estimate of drug-likeness (QED) is 0.826. The smallest absolute Gasteiger partial charge is 0.265 e. The summed E-state index contributed by atoms with van der Waals surface area (Å²) in [5, 5.41) is 7.65. The number of aryl methyl sites for hydroxylation is 1. The summed E-state index contributed by atoms with van der Waals surface area (Å²) in [7, 11) is 0. The number of halogens is 1. The molecule has 2 rings (SSSR count). The Morgan fingerprint density at radius 2 is 2.23 bits per heavy atom. The second-order valence-corrected chi connectivity index (χ2v) is 5.37. The van der Waals surface area contributed by atoms with Gasteiger partial charge in [0.2, 0.25) is 0 Å². The fourth-order valence-corrected chi connectivity index (χ4v) is 2.06. The summed E-state index contributed by atoms with van der Waals surface area (Å²) >= 11 is 6.09. The Kier molecular flexibility index (Phi) is 5.21. The number of carbonyl (C=O) groups excluding carboxylic acids is 1. The second kappa shape index (κ2) is 7.13. The molecular weight excluding hydrogens is 306 g/mol. The van der Waals surface area contributed by atoms with Gasteiger partial charge in [-0.1, -0.05) is 11.6 Å². The number of ether oxygens (including phenoxy) is 1. The van der Waals surface area contributed by atoms with Crippen molar-refractivity contribution in [1.82, 2.24) is 14.8 Å². The molecule has 1 amide bonds. The second-order valence-electron chi connectivity index (χ2n) is 4.93. The standard InChI is InChI=1S/C14H16ClN5O2/c1-9(2)22-12-6-10(5-11(15)7-12)14-17-8-20(19-14)4-3-13(21)18-16/h5-9,16H,3-4H2,1-2H3. The molecule has 1 aromatic carbocycles. The fraction of sp³-hybridized carbons (Fsp3) is 0.357. The van der Waals surface area contributed by atoms with Crippen LogP contribution in [-0.2, 0) is 11.3 Å². The SMILES string of the molecule is CC(C)Oc1cc(Cl)cc(-c2ncn(CCC(=O)N=N)n2)c1. The molecule has 2 aromatic rings. The summed E-state index contributed by atoms with van der Waals surface area (Å²) in [6, 6.07) is 5.30. The molecule has 0 saturated carbocycles. The third kappa shape index (κ3) is 4.36. The van der Waals surface area contributed by atoms with E-state index < -0.39 is 5.91 Å². The van der Waals surface area contributed by atoms with Crippen molar-refractivity contribution in [1.29, 1.82) is 5.53 Å². The third-order valence-electron chi connectivity index (χ3n) is 2.72. The largest absolute Gasteiger partial charge is 0.491 e. The van der Waals surface area contributed by atoms with Crippen LogP contribution in [0.2, 0.25) is 5.02 Å². The Labute approximate surface area is 132 Å². The first kappa shape index (κ1) is 16.1. The lowest BCUT2D eigenvalue weighted by Crippen LogP contribution is -2.05. The molecule has 8 heteroatoms. The minimum absolute atomic E-state index is 0.0384. The zero-order valence-electron chi connectivity index (χ0n) is 12.3. The van der Waals surface area contributed by atoms with Crippen LogP contribution in [0.15, 0.2) is 29.6 Å². The topological polar surface area (TPSA) is 93.2 Å². The predicted octanol–water partition coefficient (Wildman–Crippen LogP) is 3.33. The number of rotatable bonds is 6. The zero-order valence-corrected chi connectivity index (χ0v) is 13.0. The van der Waals surface area contributed by atoms with Crippen molar-refractivity contribution in [2.45, 2.75) is 32.9 Å². The van der Waals surface area contributed by atoms with Crippen molar-refractivity contribution in [2.24, 2.45) is 5.11 Å². The van der Waals surface area contributed by atoms with E-state index in [4.69, 9.17) is 21.9 Å². The van der Waals surface area contributed by atoms with E-state index in [0.29, 0.717) is 23.1 Å². The van der Waals surface area contributed by atoms with Gasteiger partial charge in [0.15, 0.2) is 5.82 Å². The van der Waals surface area contributed by atoms with Gasteiger partial charge in [0.05, 0.1) is 19.1 Å². The van der Waals surface area contributed by atoms with Crippen LogP contribution in [0.3, 0.4) is 0 Å². The fourth-order valence-electron chi connectivity index (χ4n) is 1.83. The monoisotopic (exact) mass is 321 g/mol. The molecule has 0 saturated heterocycles. The molecule has 1 heterocycles. The first-order valence-electron chi connectivity index (χ1n) is 6.75. The van der Waals surface area contributed by atoms with Gasteiger partial charge >= 0.3 is 0 Å². The number of hydrogen-bond donors (Lipinski definition) is 1. The summed E-state index contributed by atoms with van der Waals surface area (Å²) in [4.78, 5) is 15.2. The van der Waals surface area contributed by atoms with E-state index in [0.717, 1.165) is 5.56 Å². The molecule has 0 unspecified atom stereocenters. The minimum atomic E-state index is -0.493. The molecular formula is C14H16ClN5O2. The van der Waals surface area contributed by atoms with Crippen LogP contribution in [0.25, 0.3) is 11.4 Å². The molecule has 0 atom stereocenters. The molecule has 116 valence electrons. The van der Waals surface area contributed by atoms with Crippen LogP contribution in [0, 0.1) is 5.53 Å². The number of nitrogens with zero attached hydrogens (tertiary/aromatic N) is 4. The van der Waals surface area contributed by atoms with Crippen LogP contribution < -0.4 is 4.74 Å². The number of nitrogens with one attached hydrogen (secondary N) is 1. The Hall–Kier alpha value is -2.28. The normalized spacial score (nSPS) is 10.7. The van der Waals surface area contributed by atoms with Gasteiger partial charge in [0.1, 0.15) is 12.1 Å². The van der Waals surface area contributed by atoms with Gasteiger partial charge < -0.3 is 4.74 Å². The van der Waals surface area contributed by atoms with Crippen molar-refractivity contribution in [3.05, 3.63) is 29.5 Å². The third-order valence-corrected chi connectivity index (χ3v) is 2.94. The van der Waals surface area contributed by atoms with Crippen LogP contribution in [0.4, 0.5) is 0 Å².